The van der Waals surface area contributed by atoms with Gasteiger partial charge in [-0.05, 0) is 24.5 Å². The van der Waals surface area contributed by atoms with Crippen LogP contribution in [0.15, 0.2) is 48.7 Å². The lowest BCUT2D eigenvalue weighted by Gasteiger charge is -2.30. The molecule has 1 saturated heterocycles. The molecule has 1 aliphatic heterocycles. The van der Waals surface area contributed by atoms with E-state index in [0.29, 0.717) is 51.6 Å². The van der Waals surface area contributed by atoms with Crippen molar-refractivity contribution >= 4 is 15.9 Å². The predicted octanol–water partition coefficient (Wildman–Crippen LogP) is 1.97. The van der Waals surface area contributed by atoms with Gasteiger partial charge in [0, 0.05) is 44.4 Å². The average Bonchev–Trinajstić information content (AvgIpc) is 2.79. The van der Waals surface area contributed by atoms with Gasteiger partial charge < -0.3 is 14.8 Å². The van der Waals surface area contributed by atoms with Crippen molar-refractivity contribution in [3.63, 3.8) is 0 Å². The summed E-state index contributed by atoms with van der Waals surface area (Å²) in [6.07, 6.45) is 2.65. The highest BCUT2D eigenvalue weighted by molar-refractivity contribution is 7.88. The lowest BCUT2D eigenvalue weighted by molar-refractivity contribution is -0.126. The molecule has 0 bridgehead atoms. The summed E-state index contributed by atoms with van der Waals surface area (Å²) in [5, 5.41) is 2.93. The molecule has 168 valence electrons. The fourth-order valence-corrected chi connectivity index (χ4v) is 5.07. The Kier molecular flexibility index (Phi) is 8.39. The highest BCUT2D eigenvalue weighted by Crippen LogP contribution is 2.22. The first kappa shape index (κ1) is 23.2. The van der Waals surface area contributed by atoms with Crippen molar-refractivity contribution in [1.82, 2.24) is 14.6 Å². The number of sulfonamides is 1. The Labute approximate surface area is 183 Å². The highest BCUT2D eigenvalue weighted by Gasteiger charge is 2.31. The van der Waals surface area contributed by atoms with Gasteiger partial charge in [-0.3, -0.25) is 4.79 Å². The van der Waals surface area contributed by atoms with Gasteiger partial charge >= 0.3 is 0 Å². The van der Waals surface area contributed by atoms with Crippen LogP contribution in [0.3, 0.4) is 0 Å². The van der Waals surface area contributed by atoms with Crippen LogP contribution in [0.2, 0.25) is 0 Å². The van der Waals surface area contributed by atoms with E-state index in [1.807, 2.05) is 36.4 Å². The van der Waals surface area contributed by atoms with Crippen LogP contribution in [-0.2, 0) is 31.9 Å². The third kappa shape index (κ3) is 6.75. The van der Waals surface area contributed by atoms with Gasteiger partial charge in [-0.2, -0.15) is 0 Å². The number of aromatic nitrogens is 1. The van der Waals surface area contributed by atoms with Crippen molar-refractivity contribution in [2.45, 2.75) is 25.1 Å². The third-order valence-electron chi connectivity index (χ3n) is 5.24. The molecule has 3 rings (SSSR count). The molecule has 8 nitrogen and oxygen atoms in total. The van der Waals surface area contributed by atoms with Gasteiger partial charge in [-0.15, -0.1) is 0 Å². The lowest BCUT2D eigenvalue weighted by Crippen LogP contribution is -2.43. The summed E-state index contributed by atoms with van der Waals surface area (Å²) in [6.45, 7) is 1.84. The molecule has 1 amide bonds. The van der Waals surface area contributed by atoms with E-state index in [2.05, 4.69) is 10.3 Å². The molecule has 2 heterocycles. The largest absolute Gasteiger partial charge is 0.475 e. The molecule has 0 saturated carbocycles. The van der Waals surface area contributed by atoms with Crippen molar-refractivity contribution in [3.8, 4) is 5.88 Å². The van der Waals surface area contributed by atoms with Gasteiger partial charge in [0.05, 0.1) is 12.4 Å². The van der Waals surface area contributed by atoms with Crippen LogP contribution >= 0.6 is 0 Å². The fourth-order valence-electron chi connectivity index (χ4n) is 3.51. The Bertz CT molecular complexity index is 945. The SMILES string of the molecule is COCCOc1ncccc1CNC(=O)C1CCN(S(=O)(=O)Cc2ccccc2)CC1. The summed E-state index contributed by atoms with van der Waals surface area (Å²) in [6, 6.07) is 12.8. The molecule has 2 aromatic rings. The highest BCUT2D eigenvalue weighted by atomic mass is 32.2. The smallest absolute Gasteiger partial charge is 0.223 e. The fraction of sp³-hybridized carbons (Fsp3) is 0.455. The number of hydrogen-bond donors (Lipinski definition) is 1. The van der Waals surface area contributed by atoms with Crippen LogP contribution in [0.1, 0.15) is 24.0 Å². The normalized spacial score (nSPS) is 15.5. The van der Waals surface area contributed by atoms with E-state index in [-0.39, 0.29) is 17.6 Å². The van der Waals surface area contributed by atoms with Crippen LogP contribution in [0.5, 0.6) is 5.88 Å². The Balaban J connectivity index is 1.48. The molecule has 0 spiro atoms. The summed E-state index contributed by atoms with van der Waals surface area (Å²) in [4.78, 5) is 16.8. The topological polar surface area (TPSA) is 97.8 Å². The molecule has 0 atom stereocenters. The maximum absolute atomic E-state index is 12.7. The number of pyridine rings is 1. The lowest BCUT2D eigenvalue weighted by atomic mass is 9.97. The zero-order valence-electron chi connectivity index (χ0n) is 17.7. The van der Waals surface area contributed by atoms with E-state index < -0.39 is 10.0 Å². The van der Waals surface area contributed by atoms with Gasteiger partial charge in [0.15, 0.2) is 0 Å². The average molecular weight is 448 g/mol. The molecule has 1 aliphatic rings. The Morgan fingerprint density at radius 1 is 1.13 bits per heavy atom. The molecule has 31 heavy (non-hydrogen) atoms. The van der Waals surface area contributed by atoms with Crippen molar-refractivity contribution in [1.29, 1.82) is 0 Å². The van der Waals surface area contributed by atoms with Crippen molar-refractivity contribution in [2.24, 2.45) is 5.92 Å². The molecule has 1 N–H and O–H groups in total. The first-order valence-electron chi connectivity index (χ1n) is 10.3. The summed E-state index contributed by atoms with van der Waals surface area (Å²) in [5.74, 6) is 0.170. The molecule has 0 aliphatic carbocycles. The minimum atomic E-state index is -3.39. The number of rotatable bonds is 10. The van der Waals surface area contributed by atoms with Gasteiger partial charge in [0.25, 0.3) is 0 Å². The van der Waals surface area contributed by atoms with Crippen LogP contribution < -0.4 is 10.1 Å². The van der Waals surface area contributed by atoms with E-state index in [4.69, 9.17) is 9.47 Å². The number of nitrogens with one attached hydrogen (secondary N) is 1. The van der Waals surface area contributed by atoms with Crippen LogP contribution in [-0.4, -0.2) is 57.0 Å². The van der Waals surface area contributed by atoms with E-state index in [1.165, 1.54) is 4.31 Å². The van der Waals surface area contributed by atoms with Gasteiger partial charge in [-0.25, -0.2) is 17.7 Å². The number of methoxy groups -OCH3 is 1. The molecule has 9 heteroatoms. The molecule has 1 fully saturated rings. The number of benzene rings is 1. The van der Waals surface area contributed by atoms with E-state index in [1.54, 1.807) is 19.4 Å². The summed E-state index contributed by atoms with van der Waals surface area (Å²) >= 11 is 0. The summed E-state index contributed by atoms with van der Waals surface area (Å²) in [5.41, 5.74) is 1.55. The summed E-state index contributed by atoms with van der Waals surface area (Å²) < 4.78 is 37.4. The van der Waals surface area contributed by atoms with E-state index in [0.717, 1.165) is 11.1 Å². The zero-order chi connectivity index (χ0) is 22.1. The number of hydrogen-bond acceptors (Lipinski definition) is 6. The maximum atomic E-state index is 12.7. The Morgan fingerprint density at radius 2 is 1.87 bits per heavy atom. The van der Waals surface area contributed by atoms with Crippen molar-refractivity contribution < 1.29 is 22.7 Å². The van der Waals surface area contributed by atoms with Gasteiger partial charge in [0.1, 0.15) is 6.61 Å². The molecular formula is C22H29N3O5S. The van der Waals surface area contributed by atoms with Gasteiger partial charge in [-0.1, -0.05) is 36.4 Å². The minimum Gasteiger partial charge on any atom is -0.475 e. The second kappa shape index (κ2) is 11.2. The first-order valence-corrected chi connectivity index (χ1v) is 12.0. The second-order valence-electron chi connectivity index (χ2n) is 7.44. The van der Waals surface area contributed by atoms with Gasteiger partial charge in [0.2, 0.25) is 21.8 Å². The van der Waals surface area contributed by atoms with Crippen LogP contribution in [0.4, 0.5) is 0 Å². The zero-order valence-corrected chi connectivity index (χ0v) is 18.5. The number of nitrogens with zero attached hydrogens (tertiary/aromatic N) is 2. The summed E-state index contributed by atoms with van der Waals surface area (Å²) in [7, 11) is -1.79. The standard InChI is InChI=1S/C22H29N3O5S/c1-29-14-15-30-22-20(8-5-11-23-22)16-24-21(26)19-9-12-25(13-10-19)31(27,28)17-18-6-3-2-4-7-18/h2-8,11,19H,9-10,12-17H2,1H3,(H,24,26). The number of piperidine rings is 1. The number of amides is 1. The van der Waals surface area contributed by atoms with Crippen molar-refractivity contribution in [2.75, 3.05) is 33.4 Å². The van der Waals surface area contributed by atoms with Crippen molar-refractivity contribution in [3.05, 3.63) is 59.8 Å². The second-order valence-corrected chi connectivity index (χ2v) is 9.41. The third-order valence-corrected chi connectivity index (χ3v) is 7.09. The number of carbonyl (C=O) groups is 1. The Hall–Kier alpha value is -2.49. The number of ether oxygens (including phenoxy) is 2. The Morgan fingerprint density at radius 3 is 2.58 bits per heavy atom. The van der Waals surface area contributed by atoms with E-state index in [9.17, 15) is 13.2 Å². The molecule has 1 aromatic carbocycles. The van der Waals surface area contributed by atoms with Crippen LogP contribution in [0.25, 0.3) is 0 Å². The predicted molar refractivity (Wildman–Crippen MR) is 117 cm³/mol. The minimum absolute atomic E-state index is 0.0163. The molecule has 0 unspecified atom stereocenters. The molecule has 1 aromatic heterocycles. The van der Waals surface area contributed by atoms with E-state index >= 15 is 0 Å². The number of carbonyl (C=O) groups excluding carboxylic acids is 1. The molecular weight excluding hydrogens is 418 g/mol. The quantitative estimate of drug-likeness (QED) is 0.559. The monoisotopic (exact) mass is 447 g/mol. The molecule has 0 radical (unpaired) electrons. The maximum Gasteiger partial charge on any atom is 0.223 e. The first-order chi connectivity index (χ1) is 15.0. The van der Waals surface area contributed by atoms with Crippen LogP contribution in [0, 0.1) is 5.92 Å².